The molecule has 2 rings (SSSR count). The van der Waals surface area contributed by atoms with Crippen molar-refractivity contribution in [3.8, 4) is 5.75 Å². The molecular formula is C12H13NO2. The van der Waals surface area contributed by atoms with Crippen molar-refractivity contribution in [3.05, 3.63) is 36.5 Å². The van der Waals surface area contributed by atoms with Gasteiger partial charge < -0.3 is 9.47 Å². The van der Waals surface area contributed by atoms with Crippen molar-refractivity contribution in [2.75, 3.05) is 20.3 Å². The summed E-state index contributed by atoms with van der Waals surface area (Å²) in [4.78, 5) is 4.26. The molecule has 0 N–H and O–H groups in total. The number of pyridine rings is 1. The van der Waals surface area contributed by atoms with Gasteiger partial charge in [-0.25, -0.2) is 0 Å². The minimum absolute atomic E-state index is 0.564. The molecular weight excluding hydrogens is 190 g/mol. The molecule has 3 nitrogen and oxygen atoms in total. The number of hydrogen-bond donors (Lipinski definition) is 0. The second-order valence-electron chi connectivity index (χ2n) is 3.20. The van der Waals surface area contributed by atoms with Crippen LogP contribution in [0.5, 0.6) is 5.75 Å². The standard InChI is InChI=1S/C12H13NO2/c1-14-7-8-15-11-5-4-10-3-2-6-13-12(10)9-11/h2-6,9H,7-8H2,1H3. The van der Waals surface area contributed by atoms with Gasteiger partial charge in [0.25, 0.3) is 0 Å². The minimum Gasteiger partial charge on any atom is -0.491 e. The lowest BCUT2D eigenvalue weighted by atomic mass is 10.2. The Morgan fingerprint density at radius 3 is 3.00 bits per heavy atom. The molecule has 0 radical (unpaired) electrons. The molecule has 0 bridgehead atoms. The first-order valence-corrected chi connectivity index (χ1v) is 4.86. The molecule has 0 spiro atoms. The van der Waals surface area contributed by atoms with Crippen LogP contribution in [-0.4, -0.2) is 25.3 Å². The van der Waals surface area contributed by atoms with E-state index in [4.69, 9.17) is 9.47 Å². The van der Waals surface area contributed by atoms with Crippen molar-refractivity contribution < 1.29 is 9.47 Å². The zero-order chi connectivity index (χ0) is 10.5. The molecule has 0 aliphatic rings. The average molecular weight is 203 g/mol. The molecule has 0 aliphatic heterocycles. The Kier molecular flexibility index (Phi) is 3.15. The van der Waals surface area contributed by atoms with Crippen LogP contribution in [0.3, 0.4) is 0 Å². The highest BCUT2D eigenvalue weighted by atomic mass is 16.5. The number of hydrogen-bond acceptors (Lipinski definition) is 3. The first-order chi connectivity index (χ1) is 7.40. The lowest BCUT2D eigenvalue weighted by Crippen LogP contribution is -2.04. The molecule has 2 aromatic rings. The predicted molar refractivity (Wildman–Crippen MR) is 59.1 cm³/mol. The molecule has 0 fully saturated rings. The molecule has 0 atom stereocenters. The molecule has 0 aliphatic carbocycles. The third-order valence-electron chi connectivity index (χ3n) is 2.13. The maximum Gasteiger partial charge on any atom is 0.121 e. The molecule has 1 heterocycles. The maximum atomic E-state index is 5.49. The van der Waals surface area contributed by atoms with Crippen molar-refractivity contribution in [1.82, 2.24) is 4.98 Å². The highest BCUT2D eigenvalue weighted by Gasteiger charge is 1.97. The van der Waals surface area contributed by atoms with Crippen LogP contribution in [-0.2, 0) is 4.74 Å². The zero-order valence-corrected chi connectivity index (χ0v) is 8.64. The molecule has 78 valence electrons. The number of benzene rings is 1. The summed E-state index contributed by atoms with van der Waals surface area (Å²) in [6, 6.07) is 9.84. The number of aromatic nitrogens is 1. The molecule has 1 aromatic carbocycles. The van der Waals surface area contributed by atoms with Crippen molar-refractivity contribution in [3.63, 3.8) is 0 Å². The Morgan fingerprint density at radius 1 is 1.20 bits per heavy atom. The minimum atomic E-state index is 0.564. The normalized spacial score (nSPS) is 10.5. The summed E-state index contributed by atoms with van der Waals surface area (Å²) in [5, 5.41) is 1.12. The van der Waals surface area contributed by atoms with E-state index in [1.165, 1.54) is 0 Å². The van der Waals surface area contributed by atoms with Crippen LogP contribution in [0.25, 0.3) is 10.9 Å². The van der Waals surface area contributed by atoms with Gasteiger partial charge in [-0.3, -0.25) is 4.98 Å². The summed E-state index contributed by atoms with van der Waals surface area (Å²) in [5.41, 5.74) is 0.951. The van der Waals surface area contributed by atoms with E-state index in [9.17, 15) is 0 Å². The first-order valence-electron chi connectivity index (χ1n) is 4.86. The van der Waals surface area contributed by atoms with Crippen LogP contribution in [0, 0.1) is 0 Å². The topological polar surface area (TPSA) is 31.4 Å². The largest absolute Gasteiger partial charge is 0.491 e. The fraction of sp³-hybridized carbons (Fsp3) is 0.250. The van der Waals surface area contributed by atoms with Gasteiger partial charge in [0.15, 0.2) is 0 Å². The fourth-order valence-corrected chi connectivity index (χ4v) is 1.38. The lowest BCUT2D eigenvalue weighted by Gasteiger charge is -2.05. The molecule has 0 saturated carbocycles. The number of fused-ring (bicyclic) bond motifs is 1. The fourth-order valence-electron chi connectivity index (χ4n) is 1.38. The van der Waals surface area contributed by atoms with Gasteiger partial charge in [0, 0.05) is 24.8 Å². The third-order valence-corrected chi connectivity index (χ3v) is 2.13. The van der Waals surface area contributed by atoms with Gasteiger partial charge in [0.05, 0.1) is 12.1 Å². The lowest BCUT2D eigenvalue weighted by molar-refractivity contribution is 0.146. The molecule has 1 aromatic heterocycles. The second kappa shape index (κ2) is 4.75. The van der Waals surface area contributed by atoms with E-state index < -0.39 is 0 Å². The van der Waals surface area contributed by atoms with Crippen molar-refractivity contribution in [1.29, 1.82) is 0 Å². The Balaban J connectivity index is 2.16. The Hall–Kier alpha value is -1.61. The van der Waals surface area contributed by atoms with Gasteiger partial charge in [-0.15, -0.1) is 0 Å². The summed E-state index contributed by atoms with van der Waals surface area (Å²) in [6.07, 6.45) is 1.78. The van der Waals surface area contributed by atoms with Crippen LogP contribution in [0.1, 0.15) is 0 Å². The number of ether oxygens (including phenoxy) is 2. The first kappa shape index (κ1) is 9.93. The van der Waals surface area contributed by atoms with Gasteiger partial charge in [-0.2, -0.15) is 0 Å². The van der Waals surface area contributed by atoms with Crippen LogP contribution >= 0.6 is 0 Å². The molecule has 0 amide bonds. The van der Waals surface area contributed by atoms with Gasteiger partial charge >= 0.3 is 0 Å². The number of methoxy groups -OCH3 is 1. The third kappa shape index (κ3) is 2.44. The van der Waals surface area contributed by atoms with Crippen LogP contribution in [0.2, 0.25) is 0 Å². The average Bonchev–Trinajstić information content (AvgIpc) is 2.29. The number of nitrogens with zero attached hydrogens (tertiary/aromatic N) is 1. The van der Waals surface area contributed by atoms with E-state index in [-0.39, 0.29) is 0 Å². The second-order valence-corrected chi connectivity index (χ2v) is 3.20. The monoisotopic (exact) mass is 203 g/mol. The van der Waals surface area contributed by atoms with Crippen molar-refractivity contribution in [2.45, 2.75) is 0 Å². The molecule has 0 unspecified atom stereocenters. The maximum absolute atomic E-state index is 5.49. The van der Waals surface area contributed by atoms with E-state index in [1.54, 1.807) is 13.3 Å². The Bertz CT molecular complexity index is 442. The number of rotatable bonds is 4. The van der Waals surface area contributed by atoms with Gasteiger partial charge in [-0.05, 0) is 18.2 Å². The summed E-state index contributed by atoms with van der Waals surface area (Å²) >= 11 is 0. The summed E-state index contributed by atoms with van der Waals surface area (Å²) in [6.45, 7) is 1.16. The predicted octanol–water partition coefficient (Wildman–Crippen LogP) is 2.26. The quantitative estimate of drug-likeness (QED) is 0.714. The van der Waals surface area contributed by atoms with E-state index in [0.29, 0.717) is 13.2 Å². The molecule has 0 saturated heterocycles. The summed E-state index contributed by atoms with van der Waals surface area (Å²) in [7, 11) is 1.66. The summed E-state index contributed by atoms with van der Waals surface area (Å²) in [5.74, 6) is 0.832. The summed E-state index contributed by atoms with van der Waals surface area (Å²) < 4.78 is 10.4. The van der Waals surface area contributed by atoms with Gasteiger partial charge in [-0.1, -0.05) is 6.07 Å². The smallest absolute Gasteiger partial charge is 0.121 e. The van der Waals surface area contributed by atoms with E-state index >= 15 is 0 Å². The SMILES string of the molecule is COCCOc1ccc2cccnc2c1. The van der Waals surface area contributed by atoms with E-state index in [1.807, 2.05) is 30.3 Å². The molecule has 3 heteroatoms. The highest BCUT2D eigenvalue weighted by Crippen LogP contribution is 2.18. The van der Waals surface area contributed by atoms with Gasteiger partial charge in [0.2, 0.25) is 0 Å². The van der Waals surface area contributed by atoms with Gasteiger partial charge in [0.1, 0.15) is 12.4 Å². The Morgan fingerprint density at radius 2 is 2.13 bits per heavy atom. The van der Waals surface area contributed by atoms with Crippen molar-refractivity contribution >= 4 is 10.9 Å². The van der Waals surface area contributed by atoms with Crippen LogP contribution < -0.4 is 4.74 Å². The molecule has 15 heavy (non-hydrogen) atoms. The van der Waals surface area contributed by atoms with Crippen LogP contribution in [0.4, 0.5) is 0 Å². The Labute approximate surface area is 88.7 Å². The van der Waals surface area contributed by atoms with Crippen LogP contribution in [0.15, 0.2) is 36.5 Å². The highest BCUT2D eigenvalue weighted by molar-refractivity contribution is 5.79. The van der Waals surface area contributed by atoms with E-state index in [0.717, 1.165) is 16.7 Å². The van der Waals surface area contributed by atoms with E-state index in [2.05, 4.69) is 4.98 Å². The van der Waals surface area contributed by atoms with Crippen molar-refractivity contribution in [2.24, 2.45) is 0 Å². The zero-order valence-electron chi connectivity index (χ0n) is 8.64.